The number of halogens is 1. The maximum Gasteiger partial charge on any atom is 0.0830 e. The molecule has 14 heavy (non-hydrogen) atoms. The average Bonchev–Trinajstić information content (AvgIpc) is 2.19. The van der Waals surface area contributed by atoms with Crippen LogP contribution in [0.4, 0.5) is 0 Å². The first kappa shape index (κ1) is 10.8. The van der Waals surface area contributed by atoms with E-state index in [1.807, 2.05) is 0 Å². The second kappa shape index (κ2) is 5.37. The van der Waals surface area contributed by atoms with Crippen molar-refractivity contribution in [1.29, 1.82) is 0 Å². The fourth-order valence-corrected chi connectivity index (χ4v) is 3.25. The Hall–Kier alpha value is 0.250. The lowest BCUT2D eigenvalue weighted by Gasteiger charge is -2.31. The summed E-state index contributed by atoms with van der Waals surface area (Å²) in [7, 11) is 0. The minimum absolute atomic E-state index is 0.192. The van der Waals surface area contributed by atoms with Crippen molar-refractivity contribution in [3.63, 3.8) is 0 Å². The minimum atomic E-state index is 0.192. The maximum atomic E-state index is 6.09. The van der Waals surface area contributed by atoms with E-state index in [4.69, 9.17) is 11.6 Å². The molecule has 1 nitrogen and oxygen atoms in total. The van der Waals surface area contributed by atoms with E-state index in [1.54, 1.807) is 0 Å². The van der Waals surface area contributed by atoms with Crippen LogP contribution in [0, 0.1) is 18.4 Å². The third kappa shape index (κ3) is 3.13. The molecule has 0 aromatic heterocycles. The number of rotatable bonds is 2. The highest BCUT2D eigenvalue weighted by molar-refractivity contribution is 6.20. The smallest absolute Gasteiger partial charge is 0.0830 e. The van der Waals surface area contributed by atoms with Crippen molar-refractivity contribution in [1.82, 2.24) is 5.32 Å². The number of nitrogens with one attached hydrogen (secondary N) is 1. The Labute approximate surface area is 92.6 Å². The van der Waals surface area contributed by atoms with Crippen LogP contribution in [0.15, 0.2) is 0 Å². The number of hydrogen-bond acceptors (Lipinski definition) is 1. The number of alkyl halides is 1. The van der Waals surface area contributed by atoms with Gasteiger partial charge in [0.2, 0.25) is 0 Å². The molecular formula is C12H21ClN. The third-order valence-electron chi connectivity index (χ3n) is 3.68. The molecule has 2 aliphatic rings. The molecule has 2 atom stereocenters. The van der Waals surface area contributed by atoms with Gasteiger partial charge in [-0.1, -0.05) is 32.1 Å². The lowest BCUT2D eigenvalue weighted by molar-refractivity contribution is 0.257. The van der Waals surface area contributed by atoms with Crippen molar-refractivity contribution >= 4 is 11.6 Å². The Morgan fingerprint density at radius 1 is 1.14 bits per heavy atom. The van der Waals surface area contributed by atoms with Crippen molar-refractivity contribution in [3.05, 3.63) is 6.54 Å². The largest absolute Gasteiger partial charge is 0.297 e. The van der Waals surface area contributed by atoms with Crippen molar-refractivity contribution in [2.75, 3.05) is 0 Å². The molecule has 1 aliphatic carbocycles. The van der Waals surface area contributed by atoms with Gasteiger partial charge in [-0.2, -0.15) is 0 Å². The van der Waals surface area contributed by atoms with Crippen molar-refractivity contribution in [2.24, 2.45) is 11.8 Å². The van der Waals surface area contributed by atoms with Crippen LogP contribution in [-0.4, -0.2) is 5.50 Å². The average molecular weight is 215 g/mol. The van der Waals surface area contributed by atoms with Crippen LogP contribution in [0.2, 0.25) is 0 Å². The summed E-state index contributed by atoms with van der Waals surface area (Å²) in [6, 6.07) is 0. The zero-order chi connectivity index (χ0) is 9.80. The van der Waals surface area contributed by atoms with Gasteiger partial charge in [0.1, 0.15) is 0 Å². The summed E-state index contributed by atoms with van der Waals surface area (Å²) >= 11 is 6.09. The van der Waals surface area contributed by atoms with Gasteiger partial charge in [0.25, 0.3) is 0 Å². The molecule has 0 spiro atoms. The van der Waals surface area contributed by atoms with E-state index in [1.165, 1.54) is 44.9 Å². The SMILES string of the molecule is ClC1CC(CC2CCCCC2)C[CH]N1. The molecule has 2 fully saturated rings. The predicted molar refractivity (Wildman–Crippen MR) is 61.0 cm³/mol. The standard InChI is InChI=1S/C12H21ClN/c13-12-9-11(6-7-14-12)8-10-4-2-1-3-5-10/h7,10-12,14H,1-6,8-9H2. The van der Waals surface area contributed by atoms with E-state index in [0.717, 1.165) is 18.3 Å². The van der Waals surface area contributed by atoms with Crippen LogP contribution in [0.25, 0.3) is 0 Å². The predicted octanol–water partition coefficient (Wildman–Crippen LogP) is 3.68. The van der Waals surface area contributed by atoms with Gasteiger partial charge in [0, 0.05) is 6.54 Å². The van der Waals surface area contributed by atoms with Gasteiger partial charge in [0.05, 0.1) is 5.50 Å². The molecule has 2 heteroatoms. The normalized spacial score (nSPS) is 35.8. The molecule has 0 bridgehead atoms. The first-order valence-electron chi connectivity index (χ1n) is 6.06. The Kier molecular flexibility index (Phi) is 4.12. The van der Waals surface area contributed by atoms with Gasteiger partial charge in [-0.25, -0.2) is 0 Å². The quantitative estimate of drug-likeness (QED) is 0.546. The van der Waals surface area contributed by atoms with E-state index in [-0.39, 0.29) is 5.50 Å². The summed E-state index contributed by atoms with van der Waals surface area (Å²) in [6.07, 6.45) is 11.1. The van der Waals surface area contributed by atoms with Gasteiger partial charge in [-0.05, 0) is 31.1 Å². The summed E-state index contributed by atoms with van der Waals surface area (Å²) in [4.78, 5) is 0. The molecule has 1 radical (unpaired) electrons. The van der Waals surface area contributed by atoms with E-state index in [9.17, 15) is 0 Å². The molecule has 1 aliphatic heterocycles. The molecule has 1 heterocycles. The van der Waals surface area contributed by atoms with Crippen LogP contribution in [0.5, 0.6) is 0 Å². The highest BCUT2D eigenvalue weighted by atomic mass is 35.5. The van der Waals surface area contributed by atoms with Crippen molar-refractivity contribution in [3.8, 4) is 0 Å². The lowest BCUT2D eigenvalue weighted by Crippen LogP contribution is -2.31. The summed E-state index contributed by atoms with van der Waals surface area (Å²) in [5.74, 6) is 1.85. The number of hydrogen-bond donors (Lipinski definition) is 1. The zero-order valence-corrected chi connectivity index (χ0v) is 9.60. The minimum Gasteiger partial charge on any atom is -0.297 e. The Bertz CT molecular complexity index is 166. The summed E-state index contributed by atoms with van der Waals surface area (Å²) in [6.45, 7) is 2.16. The zero-order valence-electron chi connectivity index (χ0n) is 8.84. The molecule has 1 N–H and O–H groups in total. The number of piperidine rings is 1. The van der Waals surface area contributed by atoms with Gasteiger partial charge in [0.15, 0.2) is 0 Å². The Morgan fingerprint density at radius 2 is 1.93 bits per heavy atom. The molecule has 1 saturated carbocycles. The first-order valence-corrected chi connectivity index (χ1v) is 6.50. The van der Waals surface area contributed by atoms with E-state index >= 15 is 0 Å². The van der Waals surface area contributed by atoms with E-state index in [0.29, 0.717) is 0 Å². The fourth-order valence-electron chi connectivity index (χ4n) is 2.91. The monoisotopic (exact) mass is 214 g/mol. The lowest BCUT2D eigenvalue weighted by atomic mass is 9.80. The second-order valence-electron chi connectivity index (χ2n) is 4.92. The molecule has 0 amide bonds. The van der Waals surface area contributed by atoms with Crippen molar-refractivity contribution in [2.45, 2.75) is 56.9 Å². The first-order chi connectivity index (χ1) is 6.84. The van der Waals surface area contributed by atoms with Gasteiger partial charge in [-0.3, -0.25) is 5.32 Å². The maximum absolute atomic E-state index is 6.09. The summed E-state index contributed by atoms with van der Waals surface area (Å²) in [5.41, 5.74) is 0.192. The summed E-state index contributed by atoms with van der Waals surface area (Å²) < 4.78 is 0. The summed E-state index contributed by atoms with van der Waals surface area (Å²) in [5, 5.41) is 3.19. The fraction of sp³-hybridized carbons (Fsp3) is 0.917. The molecule has 2 rings (SSSR count). The Morgan fingerprint density at radius 3 is 2.64 bits per heavy atom. The highest BCUT2D eigenvalue weighted by Crippen LogP contribution is 2.33. The Balaban J connectivity index is 1.72. The van der Waals surface area contributed by atoms with Gasteiger partial charge < -0.3 is 0 Å². The molecule has 0 aromatic rings. The van der Waals surface area contributed by atoms with Gasteiger partial charge in [-0.15, -0.1) is 11.6 Å². The topological polar surface area (TPSA) is 12.0 Å². The van der Waals surface area contributed by atoms with Crippen LogP contribution in [0.3, 0.4) is 0 Å². The van der Waals surface area contributed by atoms with Crippen LogP contribution in [-0.2, 0) is 0 Å². The van der Waals surface area contributed by atoms with Crippen molar-refractivity contribution < 1.29 is 0 Å². The molecule has 0 aromatic carbocycles. The second-order valence-corrected chi connectivity index (χ2v) is 5.44. The third-order valence-corrected chi connectivity index (χ3v) is 3.99. The van der Waals surface area contributed by atoms with E-state index in [2.05, 4.69) is 11.9 Å². The molecule has 81 valence electrons. The molecule has 1 saturated heterocycles. The van der Waals surface area contributed by atoms with Crippen LogP contribution in [0.1, 0.15) is 51.4 Å². The molecule has 2 unspecified atom stereocenters. The highest BCUT2D eigenvalue weighted by Gasteiger charge is 2.23. The van der Waals surface area contributed by atoms with Crippen LogP contribution < -0.4 is 5.32 Å². The van der Waals surface area contributed by atoms with E-state index < -0.39 is 0 Å². The van der Waals surface area contributed by atoms with Gasteiger partial charge >= 0.3 is 0 Å². The van der Waals surface area contributed by atoms with Crippen LogP contribution >= 0.6 is 11.6 Å². The molecular weight excluding hydrogens is 194 g/mol.